The van der Waals surface area contributed by atoms with Crippen molar-refractivity contribution in [1.82, 2.24) is 25.6 Å². The Hall–Kier alpha value is -2.45. The molecule has 8 heteroatoms. The van der Waals surface area contributed by atoms with Crippen molar-refractivity contribution in [1.29, 1.82) is 0 Å². The van der Waals surface area contributed by atoms with E-state index in [4.69, 9.17) is 4.74 Å². The van der Waals surface area contributed by atoms with E-state index in [1.54, 1.807) is 23.0 Å². The van der Waals surface area contributed by atoms with E-state index < -0.39 is 6.10 Å². The SMILES string of the molecule is CC(C)Oc1ccc(C(O)CNC(=O)c2cn(C3CCNCC3)nn2)cc1. The number of aliphatic hydroxyl groups excluding tert-OH is 1. The van der Waals surface area contributed by atoms with Crippen molar-refractivity contribution >= 4 is 5.91 Å². The molecule has 3 rings (SSSR count). The lowest BCUT2D eigenvalue weighted by Gasteiger charge is -2.22. The summed E-state index contributed by atoms with van der Waals surface area (Å²) in [6.45, 7) is 5.90. The number of amides is 1. The van der Waals surface area contributed by atoms with Crippen LogP contribution in [-0.2, 0) is 0 Å². The van der Waals surface area contributed by atoms with Crippen LogP contribution in [0, 0.1) is 0 Å². The maximum absolute atomic E-state index is 12.3. The van der Waals surface area contributed by atoms with Crippen LogP contribution in [0.1, 0.15) is 54.9 Å². The standard InChI is InChI=1S/C19H27N5O3/c1-13(2)27-16-5-3-14(4-6-16)18(25)11-21-19(26)17-12-24(23-22-17)15-7-9-20-10-8-15/h3-6,12-13,15,18,20,25H,7-11H2,1-2H3,(H,21,26). The third-order valence-electron chi connectivity index (χ3n) is 4.52. The quantitative estimate of drug-likeness (QED) is 0.679. The summed E-state index contributed by atoms with van der Waals surface area (Å²) in [5.41, 5.74) is 0.978. The molecule has 146 valence electrons. The fourth-order valence-corrected chi connectivity index (χ4v) is 3.07. The third-order valence-corrected chi connectivity index (χ3v) is 4.52. The highest BCUT2D eigenvalue weighted by Gasteiger charge is 2.19. The van der Waals surface area contributed by atoms with Crippen LogP contribution in [-0.4, -0.2) is 51.7 Å². The van der Waals surface area contributed by atoms with Crippen molar-refractivity contribution in [2.45, 2.75) is 44.9 Å². The molecule has 0 saturated carbocycles. The summed E-state index contributed by atoms with van der Waals surface area (Å²) in [5, 5.41) is 24.3. The number of piperidine rings is 1. The van der Waals surface area contributed by atoms with E-state index in [1.165, 1.54) is 0 Å². The molecule has 1 aliphatic rings. The molecule has 3 N–H and O–H groups in total. The summed E-state index contributed by atoms with van der Waals surface area (Å²) in [6, 6.07) is 7.48. The molecule has 0 bridgehead atoms. The number of carbonyl (C=O) groups excluding carboxylic acids is 1. The Bertz CT molecular complexity index is 738. The molecule has 1 unspecified atom stereocenters. The molecule has 8 nitrogen and oxygen atoms in total. The number of benzene rings is 1. The molecule has 2 aromatic rings. The van der Waals surface area contributed by atoms with E-state index in [9.17, 15) is 9.90 Å². The van der Waals surface area contributed by atoms with Gasteiger partial charge in [0, 0.05) is 6.54 Å². The first-order chi connectivity index (χ1) is 13.0. The molecule has 1 fully saturated rings. The first kappa shape index (κ1) is 19.3. The van der Waals surface area contributed by atoms with Gasteiger partial charge in [-0.2, -0.15) is 0 Å². The number of rotatable bonds is 7. The van der Waals surface area contributed by atoms with Gasteiger partial charge in [-0.3, -0.25) is 4.79 Å². The average molecular weight is 373 g/mol. The topological polar surface area (TPSA) is 101 Å². The second-order valence-corrected chi connectivity index (χ2v) is 7.03. The van der Waals surface area contributed by atoms with Crippen molar-refractivity contribution in [3.63, 3.8) is 0 Å². The lowest BCUT2D eigenvalue weighted by atomic mass is 10.1. The van der Waals surface area contributed by atoms with Gasteiger partial charge in [-0.25, -0.2) is 4.68 Å². The Kier molecular flexibility index (Phi) is 6.41. The minimum absolute atomic E-state index is 0.0957. The van der Waals surface area contributed by atoms with Crippen molar-refractivity contribution in [3.05, 3.63) is 41.7 Å². The van der Waals surface area contributed by atoms with Crippen LogP contribution >= 0.6 is 0 Å². The van der Waals surface area contributed by atoms with Gasteiger partial charge in [-0.05, 0) is 57.5 Å². The van der Waals surface area contributed by atoms with Crippen molar-refractivity contribution < 1.29 is 14.6 Å². The van der Waals surface area contributed by atoms with Crippen LogP contribution in [0.15, 0.2) is 30.5 Å². The highest BCUT2D eigenvalue weighted by atomic mass is 16.5. The second kappa shape index (κ2) is 8.96. The van der Waals surface area contributed by atoms with Gasteiger partial charge in [0.1, 0.15) is 5.75 Å². The van der Waals surface area contributed by atoms with Crippen LogP contribution in [0.4, 0.5) is 0 Å². The minimum atomic E-state index is -0.804. The number of nitrogens with one attached hydrogen (secondary N) is 2. The van der Waals surface area contributed by atoms with Gasteiger partial charge in [-0.15, -0.1) is 5.10 Å². The number of nitrogens with zero attached hydrogens (tertiary/aromatic N) is 3. The predicted octanol–water partition coefficient (Wildman–Crippen LogP) is 1.45. The van der Waals surface area contributed by atoms with Crippen molar-refractivity contribution in [2.75, 3.05) is 19.6 Å². The lowest BCUT2D eigenvalue weighted by molar-refractivity contribution is 0.0911. The summed E-state index contributed by atoms with van der Waals surface area (Å²) >= 11 is 0. The molecule has 1 aromatic carbocycles. The molecule has 1 atom stereocenters. The minimum Gasteiger partial charge on any atom is -0.491 e. The zero-order chi connectivity index (χ0) is 19.2. The van der Waals surface area contributed by atoms with E-state index in [1.807, 2.05) is 26.0 Å². The molecule has 1 amide bonds. The van der Waals surface area contributed by atoms with E-state index in [2.05, 4.69) is 20.9 Å². The fourth-order valence-electron chi connectivity index (χ4n) is 3.07. The average Bonchev–Trinajstić information content (AvgIpc) is 3.17. The zero-order valence-corrected chi connectivity index (χ0v) is 15.8. The summed E-state index contributed by atoms with van der Waals surface area (Å²) in [7, 11) is 0. The number of carbonyl (C=O) groups is 1. The van der Waals surface area contributed by atoms with E-state index in [-0.39, 0.29) is 30.3 Å². The van der Waals surface area contributed by atoms with Gasteiger partial charge < -0.3 is 20.5 Å². The molecular formula is C19H27N5O3. The third kappa shape index (κ3) is 5.27. The van der Waals surface area contributed by atoms with Crippen LogP contribution < -0.4 is 15.4 Å². The van der Waals surface area contributed by atoms with Gasteiger partial charge >= 0.3 is 0 Å². The van der Waals surface area contributed by atoms with Crippen molar-refractivity contribution in [3.8, 4) is 5.75 Å². The van der Waals surface area contributed by atoms with Crippen LogP contribution in [0.25, 0.3) is 0 Å². The summed E-state index contributed by atoms with van der Waals surface area (Å²) in [4.78, 5) is 12.3. The Morgan fingerprint density at radius 3 is 2.70 bits per heavy atom. The summed E-state index contributed by atoms with van der Waals surface area (Å²) in [5.74, 6) is 0.411. The highest BCUT2D eigenvalue weighted by molar-refractivity contribution is 5.91. The van der Waals surface area contributed by atoms with Crippen LogP contribution in [0.2, 0.25) is 0 Å². The molecule has 1 aromatic heterocycles. The number of hydrogen-bond donors (Lipinski definition) is 3. The van der Waals surface area contributed by atoms with Crippen molar-refractivity contribution in [2.24, 2.45) is 0 Å². The predicted molar refractivity (Wildman–Crippen MR) is 101 cm³/mol. The Morgan fingerprint density at radius 2 is 2.04 bits per heavy atom. The normalized spacial score (nSPS) is 16.3. The Morgan fingerprint density at radius 1 is 1.33 bits per heavy atom. The number of hydrogen-bond acceptors (Lipinski definition) is 6. The first-order valence-electron chi connectivity index (χ1n) is 9.38. The number of ether oxygens (including phenoxy) is 1. The molecule has 27 heavy (non-hydrogen) atoms. The smallest absolute Gasteiger partial charge is 0.273 e. The van der Waals surface area contributed by atoms with Gasteiger partial charge in [0.05, 0.1) is 24.4 Å². The number of aromatic nitrogens is 3. The molecule has 2 heterocycles. The maximum atomic E-state index is 12.3. The van der Waals surface area contributed by atoms with E-state index in [0.29, 0.717) is 5.56 Å². The van der Waals surface area contributed by atoms with E-state index >= 15 is 0 Å². The van der Waals surface area contributed by atoms with Gasteiger partial charge in [-0.1, -0.05) is 17.3 Å². The van der Waals surface area contributed by atoms with Crippen LogP contribution in [0.3, 0.4) is 0 Å². The van der Waals surface area contributed by atoms with Gasteiger partial charge in [0.15, 0.2) is 5.69 Å². The highest BCUT2D eigenvalue weighted by Crippen LogP contribution is 2.19. The maximum Gasteiger partial charge on any atom is 0.273 e. The lowest BCUT2D eigenvalue weighted by Crippen LogP contribution is -2.30. The number of aliphatic hydroxyl groups is 1. The molecule has 1 saturated heterocycles. The molecular weight excluding hydrogens is 346 g/mol. The first-order valence-corrected chi connectivity index (χ1v) is 9.38. The van der Waals surface area contributed by atoms with E-state index in [0.717, 1.165) is 31.7 Å². The largest absolute Gasteiger partial charge is 0.491 e. The monoisotopic (exact) mass is 373 g/mol. The summed E-state index contributed by atoms with van der Waals surface area (Å²) in [6.07, 6.45) is 2.91. The molecule has 0 spiro atoms. The second-order valence-electron chi connectivity index (χ2n) is 7.03. The van der Waals surface area contributed by atoms with Crippen LogP contribution in [0.5, 0.6) is 5.75 Å². The molecule has 0 aliphatic carbocycles. The summed E-state index contributed by atoms with van der Waals surface area (Å²) < 4.78 is 7.35. The zero-order valence-electron chi connectivity index (χ0n) is 15.8. The Balaban J connectivity index is 1.51. The Labute approximate surface area is 158 Å². The van der Waals surface area contributed by atoms with Gasteiger partial charge in [0.25, 0.3) is 5.91 Å². The molecule has 0 radical (unpaired) electrons. The molecule has 1 aliphatic heterocycles. The fraction of sp³-hybridized carbons (Fsp3) is 0.526. The van der Waals surface area contributed by atoms with Gasteiger partial charge in [0.2, 0.25) is 0 Å².